The fraction of sp³-hybridized carbons (Fsp3) is 0.167. The first kappa shape index (κ1) is 16.1. The van der Waals surface area contributed by atoms with Crippen LogP contribution in [-0.4, -0.2) is 14.6 Å². The number of nitrogens with one attached hydrogen (secondary N) is 1. The zero-order chi connectivity index (χ0) is 17.2. The van der Waals surface area contributed by atoms with Gasteiger partial charge in [-0.3, -0.25) is 10.1 Å². The smallest absolute Gasteiger partial charge is 0.275 e. The summed E-state index contributed by atoms with van der Waals surface area (Å²) in [6, 6.07) is 16.1. The van der Waals surface area contributed by atoms with Gasteiger partial charge in [0, 0.05) is 16.6 Å². The Morgan fingerprint density at radius 2 is 2.04 bits per heavy atom. The summed E-state index contributed by atoms with van der Waals surface area (Å²) in [5.74, 6) is 0. The van der Waals surface area contributed by atoms with Gasteiger partial charge in [-0.15, -0.1) is 11.3 Å². The van der Waals surface area contributed by atoms with E-state index in [1.165, 1.54) is 32.4 Å². The van der Waals surface area contributed by atoms with Crippen molar-refractivity contribution in [2.45, 2.75) is 19.5 Å². The maximum Gasteiger partial charge on any atom is 0.275 e. The van der Waals surface area contributed by atoms with Gasteiger partial charge in [0.2, 0.25) is 4.96 Å². The summed E-state index contributed by atoms with van der Waals surface area (Å²) in [5, 5.41) is 10.9. The van der Waals surface area contributed by atoms with E-state index in [9.17, 15) is 4.79 Å². The molecule has 0 radical (unpaired) electrons. The Hall–Kier alpha value is -2.35. The number of aromatic nitrogens is 3. The van der Waals surface area contributed by atoms with Gasteiger partial charge in [-0.25, -0.2) is 4.98 Å². The van der Waals surface area contributed by atoms with Gasteiger partial charge in [-0.1, -0.05) is 47.7 Å². The molecular weight excluding hydrogens is 352 g/mol. The predicted molar refractivity (Wildman–Crippen MR) is 101 cm³/mol. The molecule has 3 aromatic heterocycles. The molecule has 0 unspecified atom stereocenters. The first-order valence-corrected chi connectivity index (χ1v) is 9.58. The fourth-order valence-electron chi connectivity index (χ4n) is 2.70. The molecule has 5 nitrogen and oxygen atoms in total. The quantitative estimate of drug-likeness (QED) is 0.586. The molecule has 0 spiro atoms. The summed E-state index contributed by atoms with van der Waals surface area (Å²) >= 11 is 3.17. The first-order chi connectivity index (χ1) is 12.2. The van der Waals surface area contributed by atoms with Crippen LogP contribution >= 0.6 is 22.7 Å². The summed E-state index contributed by atoms with van der Waals surface area (Å²) in [7, 11) is 0. The Morgan fingerprint density at radius 1 is 1.20 bits per heavy atom. The van der Waals surface area contributed by atoms with Crippen LogP contribution in [0.15, 0.2) is 58.7 Å². The van der Waals surface area contributed by atoms with Crippen molar-refractivity contribution in [1.82, 2.24) is 19.9 Å². The highest BCUT2D eigenvalue weighted by Gasteiger charge is 2.16. The summed E-state index contributed by atoms with van der Waals surface area (Å²) in [6.07, 6.45) is 0. The summed E-state index contributed by atoms with van der Waals surface area (Å²) in [4.78, 5) is 18.3. The van der Waals surface area contributed by atoms with Crippen molar-refractivity contribution in [3.05, 3.63) is 85.4 Å². The van der Waals surface area contributed by atoms with Crippen LogP contribution in [0, 0.1) is 6.92 Å². The van der Waals surface area contributed by atoms with Crippen molar-refractivity contribution < 1.29 is 0 Å². The molecule has 4 rings (SSSR count). The van der Waals surface area contributed by atoms with E-state index in [0.717, 1.165) is 5.01 Å². The van der Waals surface area contributed by atoms with Gasteiger partial charge in [0.25, 0.3) is 5.56 Å². The molecule has 0 aliphatic heterocycles. The van der Waals surface area contributed by atoms with Crippen molar-refractivity contribution in [3.8, 4) is 0 Å². The van der Waals surface area contributed by atoms with E-state index in [1.54, 1.807) is 11.3 Å². The summed E-state index contributed by atoms with van der Waals surface area (Å²) in [6.45, 7) is 2.39. The number of fused-ring (bicyclic) bond motifs is 1. The molecule has 3 heterocycles. The molecule has 1 aromatic carbocycles. The Labute approximate surface area is 152 Å². The van der Waals surface area contributed by atoms with Crippen molar-refractivity contribution in [3.63, 3.8) is 0 Å². The fourth-order valence-corrected chi connectivity index (χ4v) is 4.43. The Kier molecular flexibility index (Phi) is 4.44. The highest BCUT2D eigenvalue weighted by molar-refractivity contribution is 7.16. The maximum absolute atomic E-state index is 12.0. The molecule has 0 aliphatic rings. The van der Waals surface area contributed by atoms with Crippen LogP contribution in [0.25, 0.3) is 4.96 Å². The predicted octanol–water partition coefficient (Wildman–Crippen LogP) is 3.40. The highest BCUT2D eigenvalue weighted by Crippen LogP contribution is 2.26. The Balaban J connectivity index is 1.62. The van der Waals surface area contributed by atoms with Crippen LogP contribution in [0.2, 0.25) is 0 Å². The zero-order valence-electron chi connectivity index (χ0n) is 13.5. The highest BCUT2D eigenvalue weighted by atomic mass is 32.1. The summed E-state index contributed by atoms with van der Waals surface area (Å²) in [5.41, 5.74) is 1.79. The standard InChI is InChI=1S/C18H16N4OS2/c1-12-10-16(23)22-18(20-12)25-15(21-22)11-19-17(14-8-5-9-24-14)13-6-3-2-4-7-13/h2-10,17,19H,11H2,1H3/t17-/m1/s1. The lowest BCUT2D eigenvalue weighted by molar-refractivity contribution is 0.605. The van der Waals surface area contributed by atoms with Gasteiger partial charge in [0.05, 0.1) is 12.6 Å². The third kappa shape index (κ3) is 3.39. The lowest BCUT2D eigenvalue weighted by atomic mass is 10.1. The zero-order valence-corrected chi connectivity index (χ0v) is 15.2. The van der Waals surface area contributed by atoms with E-state index in [-0.39, 0.29) is 11.6 Å². The number of rotatable bonds is 5. The van der Waals surface area contributed by atoms with Crippen molar-refractivity contribution in [2.24, 2.45) is 0 Å². The number of hydrogen-bond acceptors (Lipinski definition) is 6. The first-order valence-electron chi connectivity index (χ1n) is 7.89. The van der Waals surface area contributed by atoms with Crippen LogP contribution in [0.5, 0.6) is 0 Å². The molecule has 126 valence electrons. The number of hydrogen-bond donors (Lipinski definition) is 1. The minimum Gasteiger partial charge on any atom is -0.299 e. The van der Waals surface area contributed by atoms with Crippen molar-refractivity contribution in [2.75, 3.05) is 0 Å². The number of benzene rings is 1. The Morgan fingerprint density at radius 3 is 2.80 bits per heavy atom. The summed E-state index contributed by atoms with van der Waals surface area (Å²) < 4.78 is 1.37. The van der Waals surface area contributed by atoms with E-state index in [2.05, 4.69) is 45.0 Å². The molecule has 0 aliphatic carbocycles. The van der Waals surface area contributed by atoms with Gasteiger partial charge >= 0.3 is 0 Å². The minimum atomic E-state index is -0.136. The molecule has 0 saturated heterocycles. The minimum absolute atomic E-state index is 0.0969. The second-order valence-electron chi connectivity index (χ2n) is 5.67. The number of aryl methyl sites for hydroxylation is 1. The van der Waals surface area contributed by atoms with Crippen LogP contribution < -0.4 is 10.9 Å². The van der Waals surface area contributed by atoms with E-state index < -0.39 is 0 Å². The van der Waals surface area contributed by atoms with Crippen molar-refractivity contribution in [1.29, 1.82) is 0 Å². The molecule has 0 saturated carbocycles. The topological polar surface area (TPSA) is 59.3 Å². The largest absolute Gasteiger partial charge is 0.299 e. The second kappa shape index (κ2) is 6.87. The van der Waals surface area contributed by atoms with Crippen LogP contribution in [-0.2, 0) is 6.54 Å². The van der Waals surface area contributed by atoms with Crippen LogP contribution in [0.3, 0.4) is 0 Å². The maximum atomic E-state index is 12.0. The van der Waals surface area contributed by atoms with Crippen molar-refractivity contribution >= 4 is 27.6 Å². The molecule has 4 aromatic rings. The molecule has 25 heavy (non-hydrogen) atoms. The average Bonchev–Trinajstić information content (AvgIpc) is 3.26. The van der Waals surface area contributed by atoms with E-state index in [1.807, 2.05) is 25.1 Å². The van der Waals surface area contributed by atoms with E-state index >= 15 is 0 Å². The lowest BCUT2D eigenvalue weighted by Crippen LogP contribution is -2.21. The molecule has 0 amide bonds. The SMILES string of the molecule is Cc1cc(=O)n2nc(CN[C@H](c3ccccc3)c3cccs3)sc2n1. The lowest BCUT2D eigenvalue weighted by Gasteiger charge is -2.17. The third-order valence-electron chi connectivity index (χ3n) is 3.83. The monoisotopic (exact) mass is 368 g/mol. The Bertz CT molecular complexity index is 1040. The van der Waals surface area contributed by atoms with Gasteiger partial charge in [0.1, 0.15) is 5.01 Å². The normalized spacial score (nSPS) is 12.5. The molecule has 7 heteroatoms. The molecule has 1 atom stereocenters. The number of nitrogens with zero attached hydrogens (tertiary/aromatic N) is 3. The van der Waals surface area contributed by atoms with Crippen LogP contribution in [0.4, 0.5) is 0 Å². The molecular formula is C18H16N4OS2. The number of thiophene rings is 1. The van der Waals surface area contributed by atoms with E-state index in [0.29, 0.717) is 17.2 Å². The average molecular weight is 368 g/mol. The van der Waals surface area contributed by atoms with Crippen LogP contribution in [0.1, 0.15) is 27.2 Å². The van der Waals surface area contributed by atoms with Gasteiger partial charge in [-0.2, -0.15) is 9.61 Å². The molecule has 1 N–H and O–H groups in total. The molecule has 0 fully saturated rings. The van der Waals surface area contributed by atoms with Gasteiger partial charge in [0.15, 0.2) is 0 Å². The molecule has 0 bridgehead atoms. The van der Waals surface area contributed by atoms with Gasteiger partial charge < -0.3 is 0 Å². The van der Waals surface area contributed by atoms with E-state index in [4.69, 9.17) is 0 Å². The second-order valence-corrected chi connectivity index (χ2v) is 7.69. The van der Waals surface area contributed by atoms with Gasteiger partial charge in [-0.05, 0) is 23.9 Å². The third-order valence-corrected chi connectivity index (χ3v) is 5.68.